The van der Waals surface area contributed by atoms with Gasteiger partial charge in [-0.3, -0.25) is 4.79 Å². The van der Waals surface area contributed by atoms with Crippen LogP contribution < -0.4 is 25.1 Å². The molecule has 1 saturated heterocycles. The molecule has 0 radical (unpaired) electrons. The van der Waals surface area contributed by atoms with Crippen molar-refractivity contribution in [2.75, 3.05) is 27.1 Å². The smallest absolute Gasteiger partial charge is 0.253 e. The molecular formula is C25H27N3O5S. The number of hydrogen-bond donors (Lipinski definition) is 2. The van der Waals surface area contributed by atoms with Gasteiger partial charge in [0.05, 0.1) is 19.8 Å². The lowest BCUT2D eigenvalue weighted by Crippen LogP contribution is -2.42. The molecule has 34 heavy (non-hydrogen) atoms. The molecule has 0 saturated carbocycles. The van der Waals surface area contributed by atoms with Crippen molar-refractivity contribution >= 4 is 28.2 Å². The summed E-state index contributed by atoms with van der Waals surface area (Å²) in [6.07, 6.45) is 2.24. The zero-order chi connectivity index (χ0) is 23.5. The van der Waals surface area contributed by atoms with Gasteiger partial charge in [-0.05, 0) is 67.0 Å². The number of fused-ring (bicyclic) bond motifs is 2. The first-order chi connectivity index (χ1) is 16.6. The summed E-state index contributed by atoms with van der Waals surface area (Å²) >= 11 is 5.76. The molecule has 8 nitrogen and oxygen atoms in total. The molecule has 2 aliphatic rings. The molecule has 1 fully saturated rings. The molecule has 1 aromatic heterocycles. The molecule has 9 heteroatoms. The summed E-state index contributed by atoms with van der Waals surface area (Å²) in [7, 11) is 1.62. The number of nitrogens with zero attached hydrogens (tertiary/aromatic N) is 1. The number of thiocarbonyl (C=S) groups is 1. The lowest BCUT2D eigenvalue weighted by Gasteiger charge is -2.27. The Labute approximate surface area is 202 Å². The third kappa shape index (κ3) is 4.95. The molecule has 0 bridgehead atoms. The van der Waals surface area contributed by atoms with Crippen molar-refractivity contribution in [2.45, 2.75) is 32.0 Å². The van der Waals surface area contributed by atoms with E-state index in [0.29, 0.717) is 36.1 Å². The number of pyridine rings is 1. The minimum atomic E-state index is -0.143. The summed E-state index contributed by atoms with van der Waals surface area (Å²) < 4.78 is 22.0. The number of nitrogens with one attached hydrogen (secondary N) is 2. The fraction of sp³-hybridized carbons (Fsp3) is 0.360. The zero-order valence-electron chi connectivity index (χ0n) is 19.0. The van der Waals surface area contributed by atoms with Crippen molar-refractivity contribution in [1.82, 2.24) is 15.2 Å². The van der Waals surface area contributed by atoms with E-state index in [2.05, 4.69) is 10.3 Å². The molecule has 3 aromatic rings. The Bertz CT molecular complexity index is 1260. The van der Waals surface area contributed by atoms with E-state index in [1.165, 1.54) is 0 Å². The third-order valence-electron chi connectivity index (χ3n) is 6.09. The van der Waals surface area contributed by atoms with Crippen molar-refractivity contribution in [3.05, 3.63) is 63.9 Å². The quantitative estimate of drug-likeness (QED) is 0.497. The Balaban J connectivity index is 1.40. The van der Waals surface area contributed by atoms with Gasteiger partial charge < -0.3 is 34.1 Å². The monoisotopic (exact) mass is 481 g/mol. The van der Waals surface area contributed by atoms with Crippen molar-refractivity contribution in [2.24, 2.45) is 0 Å². The Morgan fingerprint density at radius 2 is 2.06 bits per heavy atom. The van der Waals surface area contributed by atoms with Gasteiger partial charge in [0.1, 0.15) is 5.75 Å². The second-order valence-corrected chi connectivity index (χ2v) is 8.83. The highest BCUT2D eigenvalue weighted by Gasteiger charge is 2.20. The Morgan fingerprint density at radius 3 is 2.88 bits per heavy atom. The van der Waals surface area contributed by atoms with E-state index < -0.39 is 0 Å². The van der Waals surface area contributed by atoms with Crippen LogP contribution in [0, 0.1) is 0 Å². The Morgan fingerprint density at radius 1 is 1.18 bits per heavy atom. The van der Waals surface area contributed by atoms with Gasteiger partial charge in [0.15, 0.2) is 16.6 Å². The number of methoxy groups -OCH3 is 1. The van der Waals surface area contributed by atoms with E-state index in [-0.39, 0.29) is 18.5 Å². The topological polar surface area (TPSA) is 85.1 Å². The summed E-state index contributed by atoms with van der Waals surface area (Å²) in [6, 6.07) is 13.3. The van der Waals surface area contributed by atoms with E-state index in [0.717, 1.165) is 47.4 Å². The van der Waals surface area contributed by atoms with Crippen LogP contribution in [0.5, 0.6) is 17.2 Å². The van der Waals surface area contributed by atoms with Crippen LogP contribution in [0.1, 0.15) is 24.0 Å². The lowest BCUT2D eigenvalue weighted by molar-refractivity contribution is 0.113. The molecule has 3 heterocycles. The molecular weight excluding hydrogens is 454 g/mol. The number of hydrogen-bond acceptors (Lipinski definition) is 6. The second-order valence-electron chi connectivity index (χ2n) is 8.44. The van der Waals surface area contributed by atoms with Crippen LogP contribution in [-0.4, -0.2) is 48.2 Å². The van der Waals surface area contributed by atoms with Gasteiger partial charge in [0.25, 0.3) is 5.56 Å². The first-order valence-corrected chi connectivity index (χ1v) is 11.7. The number of H-pyrrole nitrogens is 1. The molecule has 2 N–H and O–H groups in total. The Hall–Kier alpha value is -3.30. The summed E-state index contributed by atoms with van der Waals surface area (Å²) in [5, 5.41) is 4.80. The number of ether oxygens (including phenoxy) is 4. The van der Waals surface area contributed by atoms with Crippen molar-refractivity contribution in [1.29, 1.82) is 0 Å². The maximum Gasteiger partial charge on any atom is 0.253 e. The number of rotatable bonds is 7. The highest BCUT2D eigenvalue weighted by Crippen LogP contribution is 2.33. The normalized spacial score (nSPS) is 16.6. The zero-order valence-corrected chi connectivity index (χ0v) is 19.8. The van der Waals surface area contributed by atoms with Crippen molar-refractivity contribution in [3.8, 4) is 17.2 Å². The predicted octanol–water partition coefficient (Wildman–Crippen LogP) is 3.32. The second kappa shape index (κ2) is 9.90. The number of benzene rings is 2. The molecule has 0 aliphatic carbocycles. The fourth-order valence-corrected chi connectivity index (χ4v) is 4.47. The minimum Gasteiger partial charge on any atom is -0.497 e. The minimum absolute atomic E-state index is 0.143. The van der Waals surface area contributed by atoms with Crippen LogP contribution in [0.25, 0.3) is 10.9 Å². The average molecular weight is 482 g/mol. The van der Waals surface area contributed by atoms with Gasteiger partial charge >= 0.3 is 0 Å². The SMILES string of the molecule is COc1ccc2[nH]c(=O)c(CN(Cc3ccc4c(c3)OCO4)C(=S)NC[C@H]3CCCO3)cc2c1. The van der Waals surface area contributed by atoms with Crippen LogP contribution in [0.4, 0.5) is 0 Å². The average Bonchev–Trinajstić information content (AvgIpc) is 3.54. The molecule has 5 rings (SSSR count). The number of aromatic amines is 1. The van der Waals surface area contributed by atoms with Gasteiger partial charge in [0, 0.05) is 36.2 Å². The molecule has 2 aromatic carbocycles. The fourth-order valence-electron chi connectivity index (χ4n) is 4.26. The van der Waals surface area contributed by atoms with Crippen molar-refractivity contribution < 1.29 is 18.9 Å². The summed E-state index contributed by atoms with van der Waals surface area (Å²) in [6.45, 7) is 2.50. The molecule has 0 amide bonds. The Kier molecular flexibility index (Phi) is 6.55. The van der Waals surface area contributed by atoms with Crippen LogP contribution in [0.2, 0.25) is 0 Å². The van der Waals surface area contributed by atoms with Gasteiger partial charge in [-0.2, -0.15) is 0 Å². The molecule has 178 valence electrons. The molecule has 1 atom stereocenters. The van der Waals surface area contributed by atoms with Crippen LogP contribution in [0.3, 0.4) is 0 Å². The van der Waals surface area contributed by atoms with Gasteiger partial charge in [0.2, 0.25) is 6.79 Å². The molecule has 0 unspecified atom stereocenters. The highest BCUT2D eigenvalue weighted by molar-refractivity contribution is 7.80. The highest BCUT2D eigenvalue weighted by atomic mass is 32.1. The van der Waals surface area contributed by atoms with E-state index in [1.54, 1.807) is 7.11 Å². The van der Waals surface area contributed by atoms with Crippen molar-refractivity contribution in [3.63, 3.8) is 0 Å². The van der Waals surface area contributed by atoms with E-state index >= 15 is 0 Å². The lowest BCUT2D eigenvalue weighted by atomic mass is 10.1. The summed E-state index contributed by atoms with van der Waals surface area (Å²) in [4.78, 5) is 17.8. The van der Waals surface area contributed by atoms with E-state index in [4.69, 9.17) is 31.2 Å². The first kappa shape index (κ1) is 22.5. The van der Waals surface area contributed by atoms with Crippen LogP contribution >= 0.6 is 12.2 Å². The third-order valence-corrected chi connectivity index (χ3v) is 6.49. The van der Waals surface area contributed by atoms with Gasteiger partial charge in [-0.25, -0.2) is 0 Å². The predicted molar refractivity (Wildman–Crippen MR) is 133 cm³/mol. The molecule has 0 spiro atoms. The van der Waals surface area contributed by atoms with Gasteiger partial charge in [-0.1, -0.05) is 6.07 Å². The largest absolute Gasteiger partial charge is 0.497 e. The van der Waals surface area contributed by atoms with E-state index in [1.807, 2.05) is 47.4 Å². The standard InChI is InChI=1S/C25H27N3O5S/c1-30-19-5-6-21-17(11-19)10-18(24(29)27-21)14-28(25(34)26-12-20-3-2-8-31-20)13-16-4-7-22-23(9-16)33-15-32-22/h4-7,9-11,20H,2-3,8,12-15H2,1H3,(H,26,34)(H,27,29)/t20-/m1/s1. The summed E-state index contributed by atoms with van der Waals surface area (Å²) in [5.41, 5.74) is 2.23. The van der Waals surface area contributed by atoms with Crippen LogP contribution in [-0.2, 0) is 17.8 Å². The van der Waals surface area contributed by atoms with Crippen LogP contribution in [0.15, 0.2) is 47.3 Å². The van der Waals surface area contributed by atoms with Gasteiger partial charge in [-0.15, -0.1) is 0 Å². The summed E-state index contributed by atoms with van der Waals surface area (Å²) in [5.74, 6) is 2.18. The first-order valence-electron chi connectivity index (χ1n) is 11.3. The van der Waals surface area contributed by atoms with E-state index in [9.17, 15) is 4.79 Å². The molecule has 2 aliphatic heterocycles. The maximum atomic E-state index is 12.9. The number of aromatic nitrogens is 1. The maximum absolute atomic E-state index is 12.9.